The zero-order valence-electron chi connectivity index (χ0n) is 7.40. The fourth-order valence-corrected chi connectivity index (χ4v) is 1.60. The Hall–Kier alpha value is -1.90. The highest BCUT2D eigenvalue weighted by Gasteiger charge is 2.17. The fourth-order valence-electron chi connectivity index (χ4n) is 1.60. The molecule has 1 aliphatic rings. The minimum atomic E-state index is 0.554. The first-order chi connectivity index (χ1) is 6.95. The lowest BCUT2D eigenvalue weighted by molar-refractivity contribution is 0.301. The lowest BCUT2D eigenvalue weighted by atomic mass is 10.0. The van der Waals surface area contributed by atoms with Crippen molar-refractivity contribution in [1.29, 1.82) is 0 Å². The normalized spacial score (nSPS) is 12.6. The Bertz CT molecular complexity index is 437. The predicted molar refractivity (Wildman–Crippen MR) is 50.6 cm³/mol. The third-order valence-electron chi connectivity index (χ3n) is 2.28. The van der Waals surface area contributed by atoms with Gasteiger partial charge in [-0.1, -0.05) is 12.1 Å². The SMILES string of the molecule is [c]1cc2c(nn1)-c1ccccc1OC2. The van der Waals surface area contributed by atoms with Gasteiger partial charge in [-0.05, 0) is 18.2 Å². The number of ether oxygens (including phenoxy) is 1. The van der Waals surface area contributed by atoms with Crippen molar-refractivity contribution in [2.45, 2.75) is 6.61 Å². The number of hydrogen-bond donors (Lipinski definition) is 0. The molecule has 1 radical (unpaired) electrons. The first-order valence-electron chi connectivity index (χ1n) is 4.40. The molecule has 3 rings (SSSR count). The van der Waals surface area contributed by atoms with E-state index in [-0.39, 0.29) is 0 Å². The smallest absolute Gasteiger partial charge is 0.129 e. The van der Waals surface area contributed by atoms with Crippen molar-refractivity contribution in [2.75, 3.05) is 0 Å². The van der Waals surface area contributed by atoms with Crippen LogP contribution in [0.25, 0.3) is 11.3 Å². The van der Waals surface area contributed by atoms with Crippen LogP contribution in [0.4, 0.5) is 0 Å². The van der Waals surface area contributed by atoms with Crippen LogP contribution in [0.15, 0.2) is 30.3 Å². The number of fused-ring (bicyclic) bond motifs is 3. The average molecular weight is 183 g/mol. The third-order valence-corrected chi connectivity index (χ3v) is 2.28. The van der Waals surface area contributed by atoms with Crippen LogP contribution >= 0.6 is 0 Å². The van der Waals surface area contributed by atoms with Gasteiger partial charge in [-0.2, -0.15) is 0 Å². The molecule has 3 heteroatoms. The number of para-hydroxylation sites is 1. The summed E-state index contributed by atoms with van der Waals surface area (Å²) in [5, 5.41) is 7.84. The summed E-state index contributed by atoms with van der Waals surface area (Å²) < 4.78 is 5.56. The van der Waals surface area contributed by atoms with Gasteiger partial charge in [0.1, 0.15) is 24.2 Å². The molecule has 2 aromatic rings. The molecule has 0 saturated heterocycles. The number of benzene rings is 1. The summed E-state index contributed by atoms with van der Waals surface area (Å²) in [6.45, 7) is 0.554. The molecular weight excluding hydrogens is 176 g/mol. The Balaban J connectivity index is 2.29. The molecule has 2 heterocycles. The Morgan fingerprint density at radius 2 is 2.21 bits per heavy atom. The zero-order valence-corrected chi connectivity index (χ0v) is 7.40. The Morgan fingerprint density at radius 1 is 1.29 bits per heavy atom. The molecule has 0 fully saturated rings. The molecule has 0 amide bonds. The van der Waals surface area contributed by atoms with Crippen molar-refractivity contribution in [3.8, 4) is 17.0 Å². The molecule has 0 atom stereocenters. The summed E-state index contributed by atoms with van der Waals surface area (Å²) in [5.74, 6) is 0.875. The van der Waals surface area contributed by atoms with E-state index in [2.05, 4.69) is 16.4 Å². The standard InChI is InChI=1S/C11H7N2O/c1-2-4-10-9(3-1)11-8(7-14-10)5-6-12-13-11/h1-5H,7H2. The van der Waals surface area contributed by atoms with Crippen molar-refractivity contribution in [3.63, 3.8) is 0 Å². The van der Waals surface area contributed by atoms with Crippen molar-refractivity contribution in [3.05, 3.63) is 42.1 Å². The monoisotopic (exact) mass is 183 g/mol. The van der Waals surface area contributed by atoms with Crippen LogP contribution < -0.4 is 4.74 Å². The van der Waals surface area contributed by atoms with E-state index in [9.17, 15) is 0 Å². The molecular formula is C11H7N2O. The van der Waals surface area contributed by atoms with Gasteiger partial charge in [0.25, 0.3) is 0 Å². The van der Waals surface area contributed by atoms with Crippen molar-refractivity contribution in [2.24, 2.45) is 0 Å². The molecule has 3 nitrogen and oxygen atoms in total. The maximum absolute atomic E-state index is 5.56. The highest BCUT2D eigenvalue weighted by molar-refractivity contribution is 5.70. The Kier molecular flexibility index (Phi) is 1.50. The van der Waals surface area contributed by atoms with Gasteiger partial charge in [0.15, 0.2) is 0 Å². The first kappa shape index (κ1) is 7.50. The summed E-state index contributed by atoms with van der Waals surface area (Å²) in [5.41, 5.74) is 2.96. The average Bonchev–Trinajstić information content (AvgIpc) is 2.29. The van der Waals surface area contributed by atoms with Crippen LogP contribution in [0.1, 0.15) is 5.56 Å². The summed E-state index contributed by atoms with van der Waals surface area (Å²) >= 11 is 0. The minimum absolute atomic E-state index is 0.554. The van der Waals surface area contributed by atoms with Gasteiger partial charge in [-0.25, -0.2) is 0 Å². The lowest BCUT2D eigenvalue weighted by Gasteiger charge is -2.18. The molecule has 0 aliphatic carbocycles. The molecule has 1 aromatic carbocycles. The van der Waals surface area contributed by atoms with Crippen molar-refractivity contribution >= 4 is 0 Å². The third kappa shape index (κ3) is 0.988. The Labute approximate surface area is 81.4 Å². The second-order valence-corrected chi connectivity index (χ2v) is 3.13. The molecule has 1 aromatic heterocycles. The topological polar surface area (TPSA) is 35.0 Å². The summed E-state index contributed by atoms with van der Waals surface area (Å²) in [4.78, 5) is 0. The van der Waals surface area contributed by atoms with E-state index in [1.807, 2.05) is 30.3 Å². The zero-order chi connectivity index (χ0) is 9.38. The second kappa shape index (κ2) is 2.80. The quantitative estimate of drug-likeness (QED) is 0.625. The number of rotatable bonds is 0. The number of nitrogens with zero attached hydrogens (tertiary/aromatic N) is 2. The van der Waals surface area contributed by atoms with E-state index in [0.717, 1.165) is 22.6 Å². The predicted octanol–water partition coefficient (Wildman–Crippen LogP) is 1.84. The van der Waals surface area contributed by atoms with Crippen LogP contribution in [0.3, 0.4) is 0 Å². The number of aromatic nitrogens is 2. The molecule has 0 spiro atoms. The molecule has 14 heavy (non-hydrogen) atoms. The van der Waals surface area contributed by atoms with Crippen molar-refractivity contribution < 1.29 is 4.74 Å². The molecule has 0 saturated carbocycles. The molecule has 67 valence electrons. The van der Waals surface area contributed by atoms with Gasteiger partial charge in [0, 0.05) is 11.1 Å². The fraction of sp³-hybridized carbons (Fsp3) is 0.0909. The summed E-state index contributed by atoms with van der Waals surface area (Å²) in [6.07, 6.45) is 2.71. The van der Waals surface area contributed by atoms with E-state index in [1.165, 1.54) is 0 Å². The van der Waals surface area contributed by atoms with E-state index < -0.39 is 0 Å². The van der Waals surface area contributed by atoms with Gasteiger partial charge < -0.3 is 4.74 Å². The van der Waals surface area contributed by atoms with E-state index in [0.29, 0.717) is 6.61 Å². The van der Waals surface area contributed by atoms with E-state index in [1.54, 1.807) is 0 Å². The summed E-state index contributed by atoms with van der Waals surface area (Å²) in [6, 6.07) is 9.67. The van der Waals surface area contributed by atoms with Crippen molar-refractivity contribution in [1.82, 2.24) is 10.2 Å². The minimum Gasteiger partial charge on any atom is -0.488 e. The largest absolute Gasteiger partial charge is 0.488 e. The van der Waals surface area contributed by atoms with Crippen LogP contribution in [-0.4, -0.2) is 10.2 Å². The van der Waals surface area contributed by atoms with Crippen LogP contribution in [0.5, 0.6) is 5.75 Å². The van der Waals surface area contributed by atoms with E-state index >= 15 is 0 Å². The van der Waals surface area contributed by atoms with E-state index in [4.69, 9.17) is 4.74 Å². The second-order valence-electron chi connectivity index (χ2n) is 3.13. The Morgan fingerprint density at radius 3 is 3.21 bits per heavy atom. The molecule has 0 unspecified atom stereocenters. The van der Waals surface area contributed by atoms with Gasteiger partial charge >= 0.3 is 0 Å². The van der Waals surface area contributed by atoms with Gasteiger partial charge in [0.05, 0.1) is 0 Å². The van der Waals surface area contributed by atoms with Gasteiger partial charge in [-0.3, -0.25) is 0 Å². The van der Waals surface area contributed by atoms with Crippen LogP contribution in [0.2, 0.25) is 0 Å². The highest BCUT2D eigenvalue weighted by Crippen LogP contribution is 2.34. The summed E-state index contributed by atoms with van der Waals surface area (Å²) in [7, 11) is 0. The maximum Gasteiger partial charge on any atom is 0.129 e. The highest BCUT2D eigenvalue weighted by atomic mass is 16.5. The first-order valence-corrected chi connectivity index (χ1v) is 4.40. The van der Waals surface area contributed by atoms with Crippen LogP contribution in [0, 0.1) is 6.20 Å². The number of hydrogen-bond acceptors (Lipinski definition) is 3. The molecule has 0 bridgehead atoms. The molecule has 1 aliphatic heterocycles. The van der Waals surface area contributed by atoms with Crippen LogP contribution in [-0.2, 0) is 6.61 Å². The maximum atomic E-state index is 5.56. The lowest BCUT2D eigenvalue weighted by Crippen LogP contribution is -2.07. The van der Waals surface area contributed by atoms with Gasteiger partial charge in [-0.15, -0.1) is 10.2 Å². The van der Waals surface area contributed by atoms with Gasteiger partial charge in [0.2, 0.25) is 0 Å². The molecule has 0 N–H and O–H groups in total.